The number of likely N-dealkylation sites (tertiary alicyclic amines) is 1. The van der Waals surface area contributed by atoms with Crippen LogP contribution < -0.4 is 4.74 Å². The minimum Gasteiger partial charge on any atom is -0.481 e. The average molecular weight is 398 g/mol. The minimum atomic E-state index is -0.489. The molecule has 1 aromatic heterocycles. The Labute approximate surface area is 168 Å². The van der Waals surface area contributed by atoms with Gasteiger partial charge in [-0.15, -0.1) is 0 Å². The molecule has 0 bridgehead atoms. The molecule has 2 aliphatic heterocycles. The van der Waals surface area contributed by atoms with E-state index in [4.69, 9.17) is 9.72 Å². The molecular weight excluding hydrogens is 375 g/mol. The van der Waals surface area contributed by atoms with E-state index in [0.29, 0.717) is 25.3 Å². The SMILES string of the molecule is CC(=O)N1CCCC1c1ncc2c(n1)CCN(C(=O)COc1ccccc1F)C2. The number of halogens is 1. The second kappa shape index (κ2) is 8.14. The Hall–Kier alpha value is -3.03. The summed E-state index contributed by atoms with van der Waals surface area (Å²) in [7, 11) is 0. The van der Waals surface area contributed by atoms with E-state index in [9.17, 15) is 14.0 Å². The van der Waals surface area contributed by atoms with Crippen LogP contribution in [0, 0.1) is 5.82 Å². The highest BCUT2D eigenvalue weighted by atomic mass is 19.1. The van der Waals surface area contributed by atoms with Gasteiger partial charge in [-0.3, -0.25) is 9.59 Å². The number of aromatic nitrogens is 2. The molecule has 3 heterocycles. The van der Waals surface area contributed by atoms with E-state index >= 15 is 0 Å². The van der Waals surface area contributed by atoms with Gasteiger partial charge in [-0.05, 0) is 25.0 Å². The Bertz CT molecular complexity index is 936. The highest BCUT2D eigenvalue weighted by molar-refractivity contribution is 5.78. The fourth-order valence-electron chi connectivity index (χ4n) is 3.91. The molecule has 1 aromatic carbocycles. The second-order valence-electron chi connectivity index (χ2n) is 7.35. The summed E-state index contributed by atoms with van der Waals surface area (Å²) in [5, 5.41) is 0. The number of hydrogen-bond donors (Lipinski definition) is 0. The predicted molar refractivity (Wildman–Crippen MR) is 102 cm³/mol. The summed E-state index contributed by atoms with van der Waals surface area (Å²) in [5.41, 5.74) is 1.82. The zero-order valence-electron chi connectivity index (χ0n) is 16.3. The molecule has 2 aliphatic rings. The Morgan fingerprint density at radius 3 is 2.90 bits per heavy atom. The zero-order chi connectivity index (χ0) is 20.4. The third kappa shape index (κ3) is 4.06. The zero-order valence-corrected chi connectivity index (χ0v) is 16.3. The minimum absolute atomic E-state index is 0.0421. The molecule has 0 radical (unpaired) electrons. The molecule has 7 nitrogen and oxygen atoms in total. The largest absolute Gasteiger partial charge is 0.481 e. The number of rotatable bonds is 4. The molecule has 29 heavy (non-hydrogen) atoms. The van der Waals surface area contributed by atoms with Gasteiger partial charge in [-0.2, -0.15) is 0 Å². The molecule has 8 heteroatoms. The summed E-state index contributed by atoms with van der Waals surface area (Å²) in [6.07, 6.45) is 4.19. The van der Waals surface area contributed by atoms with E-state index in [-0.39, 0.29) is 30.2 Å². The number of benzene rings is 1. The van der Waals surface area contributed by atoms with Gasteiger partial charge >= 0.3 is 0 Å². The quantitative estimate of drug-likeness (QED) is 0.790. The van der Waals surface area contributed by atoms with Crippen molar-refractivity contribution in [2.24, 2.45) is 0 Å². The maximum atomic E-state index is 13.6. The molecule has 4 rings (SSSR count). The first kappa shape index (κ1) is 19.3. The van der Waals surface area contributed by atoms with Gasteiger partial charge in [0.25, 0.3) is 5.91 Å². The second-order valence-corrected chi connectivity index (χ2v) is 7.35. The van der Waals surface area contributed by atoms with Crippen LogP contribution in [0.5, 0.6) is 5.75 Å². The highest BCUT2D eigenvalue weighted by Crippen LogP contribution is 2.30. The molecule has 0 N–H and O–H groups in total. The first-order valence-corrected chi connectivity index (χ1v) is 9.80. The number of fused-ring (bicyclic) bond motifs is 1. The molecule has 1 unspecified atom stereocenters. The summed E-state index contributed by atoms with van der Waals surface area (Å²) in [5.74, 6) is 0.0932. The van der Waals surface area contributed by atoms with Crippen molar-refractivity contribution in [1.29, 1.82) is 0 Å². The number of nitrogens with zero attached hydrogens (tertiary/aromatic N) is 4. The van der Waals surface area contributed by atoms with Crippen LogP contribution in [-0.2, 0) is 22.6 Å². The van der Waals surface area contributed by atoms with Gasteiger partial charge in [0, 0.05) is 44.7 Å². The van der Waals surface area contributed by atoms with Crippen molar-refractivity contribution >= 4 is 11.8 Å². The molecule has 0 saturated carbocycles. The van der Waals surface area contributed by atoms with E-state index in [1.54, 1.807) is 30.2 Å². The smallest absolute Gasteiger partial charge is 0.260 e. The van der Waals surface area contributed by atoms with Crippen LogP contribution in [-0.4, -0.2) is 51.3 Å². The molecule has 1 fully saturated rings. The van der Waals surface area contributed by atoms with Crippen LogP contribution in [0.2, 0.25) is 0 Å². The molecular formula is C21H23FN4O3. The van der Waals surface area contributed by atoms with Gasteiger partial charge in [0.15, 0.2) is 24.0 Å². The lowest BCUT2D eigenvalue weighted by Crippen LogP contribution is -2.39. The van der Waals surface area contributed by atoms with Crippen molar-refractivity contribution in [1.82, 2.24) is 19.8 Å². The first-order chi connectivity index (χ1) is 14.0. The van der Waals surface area contributed by atoms with Crippen molar-refractivity contribution < 1.29 is 18.7 Å². The summed E-state index contributed by atoms with van der Waals surface area (Å²) < 4.78 is 19.0. The highest BCUT2D eigenvalue weighted by Gasteiger charge is 2.31. The standard InChI is InChI=1S/C21H23FN4O3/c1-14(27)26-9-4-6-18(26)21-23-11-15-12-25(10-8-17(15)24-21)20(28)13-29-19-7-3-2-5-16(19)22/h2-3,5,7,11,18H,4,6,8-10,12-13H2,1H3. The van der Waals surface area contributed by atoms with Crippen molar-refractivity contribution in [2.45, 2.75) is 38.8 Å². The van der Waals surface area contributed by atoms with Crippen molar-refractivity contribution in [3.63, 3.8) is 0 Å². The predicted octanol–water partition coefficient (Wildman–Crippen LogP) is 2.26. The summed E-state index contributed by atoms with van der Waals surface area (Å²) >= 11 is 0. The summed E-state index contributed by atoms with van der Waals surface area (Å²) in [4.78, 5) is 37.0. The fraction of sp³-hybridized carbons (Fsp3) is 0.429. The van der Waals surface area contributed by atoms with E-state index in [1.165, 1.54) is 12.1 Å². The lowest BCUT2D eigenvalue weighted by atomic mass is 10.1. The van der Waals surface area contributed by atoms with Crippen LogP contribution in [0.15, 0.2) is 30.5 Å². The van der Waals surface area contributed by atoms with Crippen molar-refractivity contribution in [2.75, 3.05) is 19.7 Å². The van der Waals surface area contributed by atoms with Gasteiger partial charge in [0.05, 0.1) is 11.7 Å². The molecule has 2 amide bonds. The number of ether oxygens (including phenoxy) is 1. The Morgan fingerprint density at radius 2 is 2.10 bits per heavy atom. The van der Waals surface area contributed by atoms with E-state index in [0.717, 1.165) is 30.6 Å². The molecule has 1 atom stereocenters. The molecule has 2 aromatic rings. The Balaban J connectivity index is 1.40. The number of hydrogen-bond acceptors (Lipinski definition) is 5. The van der Waals surface area contributed by atoms with Crippen LogP contribution >= 0.6 is 0 Å². The van der Waals surface area contributed by atoms with Crippen LogP contribution in [0.4, 0.5) is 4.39 Å². The third-order valence-electron chi connectivity index (χ3n) is 5.45. The lowest BCUT2D eigenvalue weighted by molar-refractivity contribution is -0.134. The topological polar surface area (TPSA) is 75.6 Å². The van der Waals surface area contributed by atoms with Crippen LogP contribution in [0.1, 0.15) is 42.9 Å². The van der Waals surface area contributed by atoms with Gasteiger partial charge in [-0.1, -0.05) is 12.1 Å². The van der Waals surface area contributed by atoms with Gasteiger partial charge in [0.2, 0.25) is 5.91 Å². The third-order valence-corrected chi connectivity index (χ3v) is 5.45. The lowest BCUT2D eigenvalue weighted by Gasteiger charge is -2.29. The van der Waals surface area contributed by atoms with E-state index in [2.05, 4.69) is 4.98 Å². The van der Waals surface area contributed by atoms with Crippen LogP contribution in [0.25, 0.3) is 0 Å². The number of carbonyl (C=O) groups is 2. The maximum Gasteiger partial charge on any atom is 0.260 e. The molecule has 1 saturated heterocycles. The van der Waals surface area contributed by atoms with Crippen LogP contribution in [0.3, 0.4) is 0 Å². The number of para-hydroxylation sites is 1. The normalized spacial score (nSPS) is 18.5. The average Bonchev–Trinajstić information content (AvgIpc) is 3.22. The Morgan fingerprint density at radius 1 is 1.28 bits per heavy atom. The molecule has 152 valence electrons. The monoisotopic (exact) mass is 398 g/mol. The summed E-state index contributed by atoms with van der Waals surface area (Å²) in [6, 6.07) is 5.96. The molecule has 0 aliphatic carbocycles. The van der Waals surface area contributed by atoms with Gasteiger partial charge in [0.1, 0.15) is 0 Å². The van der Waals surface area contributed by atoms with Gasteiger partial charge in [-0.25, -0.2) is 14.4 Å². The van der Waals surface area contributed by atoms with E-state index in [1.807, 2.05) is 4.90 Å². The fourth-order valence-corrected chi connectivity index (χ4v) is 3.91. The summed E-state index contributed by atoms with van der Waals surface area (Å²) in [6.45, 7) is 3.01. The van der Waals surface area contributed by atoms with E-state index < -0.39 is 5.82 Å². The molecule has 0 spiro atoms. The maximum absolute atomic E-state index is 13.6. The van der Waals surface area contributed by atoms with Gasteiger partial charge < -0.3 is 14.5 Å². The Kier molecular flexibility index (Phi) is 5.42. The number of amides is 2. The first-order valence-electron chi connectivity index (χ1n) is 9.80. The van der Waals surface area contributed by atoms with Crippen molar-refractivity contribution in [3.8, 4) is 5.75 Å². The van der Waals surface area contributed by atoms with Crippen molar-refractivity contribution in [3.05, 3.63) is 53.4 Å². The number of carbonyl (C=O) groups excluding carboxylic acids is 2.